The number of hydrogen-bond donors (Lipinski definition) is 1. The topological polar surface area (TPSA) is 51.4 Å². The van der Waals surface area contributed by atoms with Crippen LogP contribution in [-0.4, -0.2) is 30.8 Å². The summed E-state index contributed by atoms with van der Waals surface area (Å²) in [5.74, 6) is 0.558. The Labute approximate surface area is 90.0 Å². The predicted molar refractivity (Wildman–Crippen MR) is 60.9 cm³/mol. The van der Waals surface area contributed by atoms with Crippen LogP contribution in [0.4, 0.5) is 11.5 Å². The fourth-order valence-electron chi connectivity index (χ4n) is 2.03. The van der Waals surface area contributed by atoms with Gasteiger partial charge in [-0.25, -0.2) is 4.98 Å². The zero-order valence-electron chi connectivity index (χ0n) is 9.18. The van der Waals surface area contributed by atoms with Crippen LogP contribution in [0.1, 0.15) is 13.3 Å². The van der Waals surface area contributed by atoms with Crippen molar-refractivity contribution in [2.75, 3.05) is 24.3 Å². The van der Waals surface area contributed by atoms with Crippen molar-refractivity contribution >= 4 is 11.5 Å². The molecule has 0 amide bonds. The monoisotopic (exact) mass is 207 g/mol. The second-order valence-corrected chi connectivity index (χ2v) is 3.98. The van der Waals surface area contributed by atoms with E-state index < -0.39 is 0 Å². The molecule has 1 aliphatic rings. The van der Waals surface area contributed by atoms with Gasteiger partial charge in [0.15, 0.2) is 0 Å². The molecular weight excluding hydrogens is 190 g/mol. The second kappa shape index (κ2) is 4.06. The third-order valence-electron chi connectivity index (χ3n) is 3.01. The fourth-order valence-corrected chi connectivity index (χ4v) is 2.03. The van der Waals surface area contributed by atoms with Crippen molar-refractivity contribution in [1.29, 1.82) is 0 Å². The molecule has 0 aliphatic carbocycles. The van der Waals surface area contributed by atoms with Crippen LogP contribution < -0.4 is 10.6 Å². The van der Waals surface area contributed by atoms with Gasteiger partial charge in [0.1, 0.15) is 5.82 Å². The number of pyridine rings is 1. The summed E-state index contributed by atoms with van der Waals surface area (Å²) in [5.41, 5.74) is 6.64. The van der Waals surface area contributed by atoms with Crippen LogP contribution in [0.5, 0.6) is 0 Å². The third kappa shape index (κ3) is 2.04. The van der Waals surface area contributed by atoms with Gasteiger partial charge in [0, 0.05) is 13.7 Å². The summed E-state index contributed by atoms with van der Waals surface area (Å²) in [6, 6.07) is 4.26. The van der Waals surface area contributed by atoms with Crippen molar-refractivity contribution in [3.05, 3.63) is 18.3 Å². The van der Waals surface area contributed by atoms with E-state index >= 15 is 0 Å². The van der Waals surface area contributed by atoms with Crippen LogP contribution in [0.15, 0.2) is 18.3 Å². The SMILES string of the molecule is CC1OCCC1N(C)c1ccc(N)nc1. The summed E-state index contributed by atoms with van der Waals surface area (Å²) >= 11 is 0. The van der Waals surface area contributed by atoms with E-state index in [-0.39, 0.29) is 6.10 Å². The van der Waals surface area contributed by atoms with Crippen molar-refractivity contribution in [2.24, 2.45) is 0 Å². The Hall–Kier alpha value is -1.29. The van der Waals surface area contributed by atoms with Gasteiger partial charge < -0.3 is 15.4 Å². The Balaban J connectivity index is 2.13. The lowest BCUT2D eigenvalue weighted by atomic mass is 10.1. The van der Waals surface area contributed by atoms with E-state index in [1.807, 2.05) is 12.1 Å². The Morgan fingerprint density at radius 2 is 2.33 bits per heavy atom. The van der Waals surface area contributed by atoms with E-state index in [2.05, 4.69) is 23.9 Å². The minimum Gasteiger partial charge on any atom is -0.384 e. The molecule has 2 N–H and O–H groups in total. The fraction of sp³-hybridized carbons (Fsp3) is 0.545. The number of rotatable bonds is 2. The van der Waals surface area contributed by atoms with E-state index in [1.165, 1.54) is 0 Å². The molecule has 2 unspecified atom stereocenters. The lowest BCUT2D eigenvalue weighted by molar-refractivity contribution is 0.118. The van der Waals surface area contributed by atoms with Gasteiger partial charge in [-0.15, -0.1) is 0 Å². The lowest BCUT2D eigenvalue weighted by Gasteiger charge is -2.28. The molecule has 2 atom stereocenters. The number of anilines is 2. The molecule has 1 saturated heterocycles. The molecular formula is C11H17N3O. The molecule has 0 spiro atoms. The summed E-state index contributed by atoms with van der Waals surface area (Å²) in [5, 5.41) is 0. The first kappa shape index (κ1) is 10.2. The summed E-state index contributed by atoms with van der Waals surface area (Å²) in [6.45, 7) is 2.96. The number of hydrogen-bond acceptors (Lipinski definition) is 4. The average molecular weight is 207 g/mol. The Kier molecular flexibility index (Phi) is 2.77. The first-order valence-electron chi connectivity index (χ1n) is 5.24. The van der Waals surface area contributed by atoms with Crippen molar-refractivity contribution in [1.82, 2.24) is 4.98 Å². The van der Waals surface area contributed by atoms with Crippen molar-refractivity contribution in [2.45, 2.75) is 25.5 Å². The zero-order valence-corrected chi connectivity index (χ0v) is 9.18. The molecule has 0 radical (unpaired) electrons. The summed E-state index contributed by atoms with van der Waals surface area (Å²) in [7, 11) is 2.07. The van der Waals surface area contributed by atoms with E-state index in [0.717, 1.165) is 18.7 Å². The highest BCUT2D eigenvalue weighted by Crippen LogP contribution is 2.23. The summed E-state index contributed by atoms with van der Waals surface area (Å²) in [4.78, 5) is 6.30. The van der Waals surface area contributed by atoms with Gasteiger partial charge in [-0.3, -0.25) is 0 Å². The summed E-state index contributed by atoms with van der Waals surface area (Å²) in [6.07, 6.45) is 3.16. The largest absolute Gasteiger partial charge is 0.384 e. The van der Waals surface area contributed by atoms with E-state index in [9.17, 15) is 0 Å². The van der Waals surface area contributed by atoms with Crippen molar-refractivity contribution in [3.8, 4) is 0 Å². The Morgan fingerprint density at radius 3 is 2.87 bits per heavy atom. The minimum absolute atomic E-state index is 0.285. The molecule has 0 bridgehead atoms. The van der Waals surface area contributed by atoms with E-state index in [1.54, 1.807) is 6.20 Å². The van der Waals surface area contributed by atoms with Gasteiger partial charge in [0.25, 0.3) is 0 Å². The van der Waals surface area contributed by atoms with Crippen molar-refractivity contribution in [3.63, 3.8) is 0 Å². The number of nitrogen functional groups attached to an aromatic ring is 1. The van der Waals surface area contributed by atoms with Crippen LogP contribution in [0.2, 0.25) is 0 Å². The van der Waals surface area contributed by atoms with Gasteiger partial charge in [-0.05, 0) is 25.5 Å². The molecule has 4 heteroatoms. The summed E-state index contributed by atoms with van der Waals surface area (Å²) < 4.78 is 5.55. The highest BCUT2D eigenvalue weighted by molar-refractivity contribution is 5.48. The maximum atomic E-state index is 5.55. The first-order chi connectivity index (χ1) is 7.18. The standard InChI is InChI=1S/C11H17N3O/c1-8-10(5-6-15-8)14(2)9-3-4-11(12)13-7-9/h3-4,7-8,10H,5-6H2,1-2H3,(H2,12,13). The number of likely N-dealkylation sites (N-methyl/N-ethyl adjacent to an activating group) is 1. The third-order valence-corrected chi connectivity index (χ3v) is 3.01. The van der Waals surface area contributed by atoms with Crippen LogP contribution >= 0.6 is 0 Å². The number of ether oxygens (including phenoxy) is 1. The van der Waals surface area contributed by atoms with Crippen LogP contribution in [-0.2, 0) is 4.74 Å². The molecule has 2 heterocycles. The molecule has 15 heavy (non-hydrogen) atoms. The maximum Gasteiger partial charge on any atom is 0.123 e. The Morgan fingerprint density at radius 1 is 1.53 bits per heavy atom. The maximum absolute atomic E-state index is 5.55. The molecule has 1 aromatic heterocycles. The van der Waals surface area contributed by atoms with E-state index in [4.69, 9.17) is 10.5 Å². The van der Waals surface area contributed by atoms with Crippen molar-refractivity contribution < 1.29 is 4.74 Å². The van der Waals surface area contributed by atoms with Gasteiger partial charge in [-0.2, -0.15) is 0 Å². The molecule has 0 saturated carbocycles. The molecule has 0 aromatic carbocycles. The highest BCUT2D eigenvalue weighted by atomic mass is 16.5. The Bertz CT molecular complexity index is 325. The minimum atomic E-state index is 0.285. The highest BCUT2D eigenvalue weighted by Gasteiger charge is 2.28. The molecule has 82 valence electrons. The molecule has 1 fully saturated rings. The molecule has 4 nitrogen and oxygen atoms in total. The van der Waals surface area contributed by atoms with Gasteiger partial charge in [0.2, 0.25) is 0 Å². The molecule has 1 aliphatic heterocycles. The van der Waals surface area contributed by atoms with Crippen LogP contribution in [0.3, 0.4) is 0 Å². The van der Waals surface area contributed by atoms with Crippen LogP contribution in [0.25, 0.3) is 0 Å². The number of nitrogens with zero attached hydrogens (tertiary/aromatic N) is 2. The number of nitrogens with two attached hydrogens (primary N) is 1. The molecule has 2 rings (SSSR count). The zero-order chi connectivity index (χ0) is 10.8. The normalized spacial score (nSPS) is 25.5. The van der Waals surface area contributed by atoms with Gasteiger partial charge >= 0.3 is 0 Å². The number of aromatic nitrogens is 1. The smallest absolute Gasteiger partial charge is 0.123 e. The van der Waals surface area contributed by atoms with Gasteiger partial charge in [0.05, 0.1) is 24.0 Å². The lowest BCUT2D eigenvalue weighted by Crippen LogP contribution is -2.36. The first-order valence-corrected chi connectivity index (χ1v) is 5.24. The molecule has 1 aromatic rings. The predicted octanol–water partition coefficient (Wildman–Crippen LogP) is 1.28. The van der Waals surface area contributed by atoms with Gasteiger partial charge in [-0.1, -0.05) is 0 Å². The van der Waals surface area contributed by atoms with Crippen LogP contribution in [0, 0.1) is 0 Å². The average Bonchev–Trinajstić information content (AvgIpc) is 2.65. The van der Waals surface area contributed by atoms with E-state index in [0.29, 0.717) is 11.9 Å². The second-order valence-electron chi connectivity index (χ2n) is 3.98. The quantitative estimate of drug-likeness (QED) is 0.793.